The molecule has 132 valence electrons. The van der Waals surface area contributed by atoms with Gasteiger partial charge in [0.25, 0.3) is 0 Å². The molecule has 0 spiro atoms. The molecule has 0 aliphatic carbocycles. The summed E-state index contributed by atoms with van der Waals surface area (Å²) in [6.07, 6.45) is 0.542. The molecular formula is C19H23N3O3. The van der Waals surface area contributed by atoms with Gasteiger partial charge in [0, 0.05) is 18.1 Å². The van der Waals surface area contributed by atoms with Gasteiger partial charge in [-0.05, 0) is 5.92 Å². The summed E-state index contributed by atoms with van der Waals surface area (Å²) in [7, 11) is 3.25. The van der Waals surface area contributed by atoms with Crippen LogP contribution >= 0.6 is 0 Å². The monoisotopic (exact) mass is 341 g/mol. The van der Waals surface area contributed by atoms with Crippen LogP contribution in [-0.4, -0.2) is 43.3 Å². The second-order valence-corrected chi connectivity index (χ2v) is 6.30. The van der Waals surface area contributed by atoms with E-state index in [9.17, 15) is 0 Å². The highest BCUT2D eigenvalue weighted by Crippen LogP contribution is 2.23. The van der Waals surface area contributed by atoms with E-state index in [-0.39, 0.29) is 18.0 Å². The molecule has 3 rings (SSSR count). The molecule has 1 aliphatic heterocycles. The molecule has 25 heavy (non-hydrogen) atoms. The number of aliphatic imine (C=N–C) groups is 2. The summed E-state index contributed by atoms with van der Waals surface area (Å²) >= 11 is 0. The van der Waals surface area contributed by atoms with E-state index in [0.29, 0.717) is 18.2 Å². The second-order valence-electron chi connectivity index (χ2n) is 6.30. The molecule has 0 N–H and O–H groups in total. The molecule has 6 heteroatoms. The highest BCUT2D eigenvalue weighted by Gasteiger charge is 2.31. The molecule has 2 atom stereocenters. The Bertz CT molecular complexity index is 765. The van der Waals surface area contributed by atoms with Crippen molar-refractivity contribution in [3.8, 4) is 11.3 Å². The van der Waals surface area contributed by atoms with Gasteiger partial charge in [0.15, 0.2) is 5.76 Å². The SMILES string of the molecule is COC1=N[C@@H](C(C)C)C(OC)=N[C@H]1Cc1cc(-c2ccccc2)on1. The quantitative estimate of drug-likeness (QED) is 0.855. The van der Waals surface area contributed by atoms with E-state index < -0.39 is 0 Å². The third-order valence-corrected chi connectivity index (χ3v) is 4.16. The zero-order valence-corrected chi connectivity index (χ0v) is 15.0. The fraction of sp³-hybridized carbons (Fsp3) is 0.421. The smallest absolute Gasteiger partial charge is 0.209 e. The lowest BCUT2D eigenvalue weighted by atomic mass is 10.0. The second kappa shape index (κ2) is 7.51. The lowest BCUT2D eigenvalue weighted by Gasteiger charge is -2.26. The zero-order chi connectivity index (χ0) is 17.8. The summed E-state index contributed by atoms with van der Waals surface area (Å²) in [5, 5.41) is 4.16. The maximum absolute atomic E-state index is 5.47. The Morgan fingerprint density at radius 2 is 1.76 bits per heavy atom. The van der Waals surface area contributed by atoms with E-state index in [1.54, 1.807) is 14.2 Å². The number of ether oxygens (including phenoxy) is 2. The van der Waals surface area contributed by atoms with Gasteiger partial charge in [-0.15, -0.1) is 0 Å². The Morgan fingerprint density at radius 3 is 2.40 bits per heavy atom. The third kappa shape index (κ3) is 3.73. The highest BCUT2D eigenvalue weighted by molar-refractivity contribution is 5.94. The molecule has 6 nitrogen and oxygen atoms in total. The van der Waals surface area contributed by atoms with Crippen molar-refractivity contribution in [1.82, 2.24) is 5.16 Å². The minimum atomic E-state index is -0.260. The first-order valence-electron chi connectivity index (χ1n) is 8.36. The van der Waals surface area contributed by atoms with E-state index in [2.05, 4.69) is 29.0 Å². The first-order chi connectivity index (χ1) is 12.1. The van der Waals surface area contributed by atoms with Crippen molar-refractivity contribution in [2.45, 2.75) is 32.4 Å². The molecule has 0 unspecified atom stereocenters. The van der Waals surface area contributed by atoms with Crippen LogP contribution in [0.3, 0.4) is 0 Å². The molecule has 1 aliphatic rings. The molecule has 0 saturated heterocycles. The maximum atomic E-state index is 5.47. The van der Waals surface area contributed by atoms with Crippen molar-refractivity contribution in [3.05, 3.63) is 42.1 Å². The van der Waals surface area contributed by atoms with Crippen molar-refractivity contribution in [2.24, 2.45) is 15.9 Å². The van der Waals surface area contributed by atoms with Crippen molar-refractivity contribution < 1.29 is 14.0 Å². The lowest BCUT2D eigenvalue weighted by Crippen LogP contribution is -2.38. The van der Waals surface area contributed by atoms with Crippen molar-refractivity contribution in [1.29, 1.82) is 0 Å². The van der Waals surface area contributed by atoms with Crippen molar-refractivity contribution in [2.75, 3.05) is 14.2 Å². The summed E-state index contributed by atoms with van der Waals surface area (Å²) in [5.41, 5.74) is 1.79. The van der Waals surface area contributed by atoms with Crippen LogP contribution in [0.2, 0.25) is 0 Å². The molecule has 2 aromatic rings. The number of rotatable bonds is 4. The molecular weight excluding hydrogens is 318 g/mol. The predicted molar refractivity (Wildman–Crippen MR) is 96.9 cm³/mol. The van der Waals surface area contributed by atoms with Gasteiger partial charge < -0.3 is 14.0 Å². The zero-order valence-electron chi connectivity index (χ0n) is 15.0. The largest absolute Gasteiger partial charge is 0.483 e. The van der Waals surface area contributed by atoms with E-state index in [1.807, 2.05) is 36.4 Å². The Balaban J connectivity index is 1.81. The fourth-order valence-electron chi connectivity index (χ4n) is 2.84. The first-order valence-corrected chi connectivity index (χ1v) is 8.36. The maximum Gasteiger partial charge on any atom is 0.209 e. The molecule has 0 amide bonds. The predicted octanol–water partition coefficient (Wildman–Crippen LogP) is 3.38. The molecule has 1 aromatic heterocycles. The summed E-state index contributed by atoms with van der Waals surface area (Å²) in [6, 6.07) is 11.4. The molecule has 2 heterocycles. The number of aromatic nitrogens is 1. The van der Waals surface area contributed by atoms with Crippen LogP contribution in [0.1, 0.15) is 19.5 Å². The average Bonchev–Trinajstić information content (AvgIpc) is 3.10. The molecule has 0 fully saturated rings. The first kappa shape index (κ1) is 17.2. The molecule has 0 saturated carbocycles. The number of methoxy groups -OCH3 is 2. The fourth-order valence-corrected chi connectivity index (χ4v) is 2.84. The highest BCUT2D eigenvalue weighted by atomic mass is 16.5. The van der Waals surface area contributed by atoms with Gasteiger partial charge in [-0.25, -0.2) is 9.98 Å². The summed E-state index contributed by atoms with van der Waals surface area (Å²) in [6.45, 7) is 4.17. The van der Waals surface area contributed by atoms with Gasteiger partial charge in [-0.3, -0.25) is 0 Å². The summed E-state index contributed by atoms with van der Waals surface area (Å²) < 4.78 is 16.4. The average molecular weight is 341 g/mol. The topological polar surface area (TPSA) is 69.2 Å². The van der Waals surface area contributed by atoms with Crippen LogP contribution in [-0.2, 0) is 15.9 Å². The van der Waals surface area contributed by atoms with Crippen LogP contribution in [0.4, 0.5) is 0 Å². The van der Waals surface area contributed by atoms with Gasteiger partial charge in [0.1, 0.15) is 12.1 Å². The number of hydrogen-bond acceptors (Lipinski definition) is 6. The van der Waals surface area contributed by atoms with Gasteiger partial charge in [-0.2, -0.15) is 0 Å². The van der Waals surface area contributed by atoms with E-state index >= 15 is 0 Å². The van der Waals surface area contributed by atoms with Gasteiger partial charge in [0.2, 0.25) is 11.8 Å². The lowest BCUT2D eigenvalue weighted by molar-refractivity contribution is 0.331. The Labute approximate surface area is 147 Å². The molecule has 0 radical (unpaired) electrons. The van der Waals surface area contributed by atoms with Crippen LogP contribution in [0.25, 0.3) is 11.3 Å². The third-order valence-electron chi connectivity index (χ3n) is 4.16. The number of hydrogen-bond donors (Lipinski definition) is 0. The van der Waals surface area contributed by atoms with Gasteiger partial charge >= 0.3 is 0 Å². The molecule has 0 bridgehead atoms. The summed E-state index contributed by atoms with van der Waals surface area (Å²) in [4.78, 5) is 9.36. The van der Waals surface area contributed by atoms with E-state index in [4.69, 9.17) is 14.0 Å². The van der Waals surface area contributed by atoms with E-state index in [0.717, 1.165) is 17.0 Å². The Kier molecular flexibility index (Phi) is 5.16. The van der Waals surface area contributed by atoms with E-state index in [1.165, 1.54) is 0 Å². The minimum absolute atomic E-state index is 0.117. The van der Waals surface area contributed by atoms with Gasteiger partial charge in [-0.1, -0.05) is 49.3 Å². The normalized spacial score (nSPS) is 20.2. The standard InChI is InChI=1S/C19H23N3O3/c1-12(2)17-19(24-4)20-15(18(21-17)23-3)10-14-11-16(25-22-14)13-8-6-5-7-9-13/h5-9,11-12,15,17H,10H2,1-4H3/t15-,17-/m0/s1. The van der Waals surface area contributed by atoms with Crippen LogP contribution < -0.4 is 0 Å². The number of benzene rings is 1. The van der Waals surface area contributed by atoms with Crippen LogP contribution in [0.15, 0.2) is 50.9 Å². The van der Waals surface area contributed by atoms with Crippen molar-refractivity contribution >= 4 is 11.8 Å². The van der Waals surface area contributed by atoms with Crippen molar-refractivity contribution in [3.63, 3.8) is 0 Å². The summed E-state index contributed by atoms with van der Waals surface area (Å²) in [5.74, 6) is 2.25. The minimum Gasteiger partial charge on any atom is -0.483 e. The number of nitrogens with zero attached hydrogens (tertiary/aromatic N) is 3. The van der Waals surface area contributed by atoms with Gasteiger partial charge in [0.05, 0.1) is 19.9 Å². The Morgan fingerprint density at radius 1 is 1.04 bits per heavy atom. The molecule has 1 aromatic carbocycles. The van der Waals surface area contributed by atoms with Crippen LogP contribution in [0.5, 0.6) is 0 Å². The van der Waals surface area contributed by atoms with Crippen LogP contribution in [0, 0.1) is 5.92 Å². The Hall–Kier alpha value is -2.63.